The largest absolute Gasteiger partial charge is 0.741 e. The average Bonchev–Trinajstić information content (AvgIpc) is 3.48. The predicted molar refractivity (Wildman–Crippen MR) is 182 cm³/mol. The average molecular weight is 661 g/mol. The minimum Gasteiger partial charge on any atom is -0.741 e. The van der Waals surface area contributed by atoms with Gasteiger partial charge < -0.3 is 39.3 Å². The van der Waals surface area contributed by atoms with Crippen molar-refractivity contribution < 1.29 is 23.7 Å². The second kappa shape index (κ2) is 15.0. The molecule has 15 heteroatoms. The lowest BCUT2D eigenvalue weighted by Gasteiger charge is -2.31. The molecular weight excluding hydrogens is 616 g/mol. The molecule has 1 unspecified atom stereocenters. The monoisotopic (exact) mass is 660 g/mol. The molecule has 0 bridgehead atoms. The molecule has 2 fully saturated rings. The van der Waals surface area contributed by atoms with Gasteiger partial charge in [-0.2, -0.15) is 4.98 Å². The zero-order chi connectivity index (χ0) is 33.6. The van der Waals surface area contributed by atoms with E-state index >= 15 is 0 Å². The van der Waals surface area contributed by atoms with Crippen LogP contribution in [-0.2, 0) is 11.8 Å². The normalized spacial score (nSPS) is 18.9. The highest BCUT2D eigenvalue weighted by molar-refractivity contribution is 5.87. The smallest absolute Gasteiger partial charge is 0.398 e. The summed E-state index contributed by atoms with van der Waals surface area (Å²) in [6, 6.07) is 4.15. The predicted octanol–water partition coefficient (Wildman–Crippen LogP) is 3.71. The Kier molecular flexibility index (Phi) is 10.3. The van der Waals surface area contributed by atoms with Crippen molar-refractivity contribution in [3.05, 3.63) is 47.8 Å². The maximum atomic E-state index is 11.7. The van der Waals surface area contributed by atoms with E-state index < -0.39 is 6.10 Å². The molecule has 1 atom stereocenters. The van der Waals surface area contributed by atoms with E-state index in [2.05, 4.69) is 36.8 Å². The molecule has 15 nitrogen and oxygen atoms in total. The first-order chi connectivity index (χ1) is 23.2. The Balaban J connectivity index is 1.14. The van der Waals surface area contributed by atoms with Gasteiger partial charge in [-0.1, -0.05) is 4.98 Å². The first-order valence-electron chi connectivity index (χ1n) is 16.4. The number of rotatable bonds is 13. The van der Waals surface area contributed by atoms with Crippen LogP contribution >= 0.6 is 0 Å². The second-order valence-electron chi connectivity index (χ2n) is 12.4. The molecule has 1 saturated carbocycles. The Bertz CT molecular complexity index is 1680. The quantitative estimate of drug-likeness (QED) is 0.0961. The lowest BCUT2D eigenvalue weighted by molar-refractivity contribution is -0.362. The van der Waals surface area contributed by atoms with E-state index in [0.29, 0.717) is 47.9 Å². The van der Waals surface area contributed by atoms with Gasteiger partial charge in [0.15, 0.2) is 17.5 Å². The topological polar surface area (TPSA) is 151 Å². The van der Waals surface area contributed by atoms with Crippen molar-refractivity contribution in [3.63, 3.8) is 0 Å². The van der Waals surface area contributed by atoms with E-state index in [4.69, 9.17) is 28.9 Å². The van der Waals surface area contributed by atoms with Crippen molar-refractivity contribution in [3.8, 4) is 17.4 Å². The van der Waals surface area contributed by atoms with Gasteiger partial charge in [0, 0.05) is 38.5 Å². The van der Waals surface area contributed by atoms with Crippen LogP contribution in [0, 0.1) is 5.21 Å². The first kappa shape index (κ1) is 33.2. The third-order valence-electron chi connectivity index (χ3n) is 8.61. The molecule has 0 amide bonds. The van der Waals surface area contributed by atoms with Crippen LogP contribution in [0.1, 0.15) is 44.4 Å². The fraction of sp³-hybridized carbons (Fsp3) is 0.515. The molecular formula is C33H44N10O5. The number of aromatic nitrogens is 6. The minimum absolute atomic E-state index is 0.0128. The van der Waals surface area contributed by atoms with Gasteiger partial charge in [-0.25, -0.2) is 14.5 Å². The molecule has 0 aromatic carbocycles. The van der Waals surface area contributed by atoms with Gasteiger partial charge in [0.2, 0.25) is 11.8 Å². The first-order valence-corrected chi connectivity index (χ1v) is 16.4. The van der Waals surface area contributed by atoms with Gasteiger partial charge in [-0.15, -0.1) is 0 Å². The number of anilines is 2. The minimum atomic E-state index is -0.404. The van der Waals surface area contributed by atoms with Gasteiger partial charge in [0.25, 0.3) is 0 Å². The Morgan fingerprint density at radius 2 is 1.77 bits per heavy atom. The third-order valence-corrected chi connectivity index (χ3v) is 8.61. The molecule has 4 aromatic rings. The maximum absolute atomic E-state index is 11.7. The van der Waals surface area contributed by atoms with Crippen molar-refractivity contribution in [1.29, 1.82) is 0 Å². The van der Waals surface area contributed by atoms with Crippen molar-refractivity contribution in [2.45, 2.75) is 50.9 Å². The van der Waals surface area contributed by atoms with Crippen LogP contribution in [0.2, 0.25) is 0 Å². The van der Waals surface area contributed by atoms with Gasteiger partial charge in [-0.3, -0.25) is 9.72 Å². The fourth-order valence-corrected chi connectivity index (χ4v) is 5.93. The van der Waals surface area contributed by atoms with Crippen molar-refractivity contribution in [2.75, 3.05) is 63.8 Å². The van der Waals surface area contributed by atoms with E-state index in [1.807, 2.05) is 33.2 Å². The zero-order valence-corrected chi connectivity index (χ0v) is 28.0. The van der Waals surface area contributed by atoms with Crippen molar-refractivity contribution in [1.82, 2.24) is 34.4 Å². The number of nitrogens with zero attached hydrogens (tertiary/aromatic N) is 9. The molecule has 1 aliphatic heterocycles. The lowest BCUT2D eigenvalue weighted by Crippen LogP contribution is -2.37. The molecule has 4 aromatic heterocycles. The van der Waals surface area contributed by atoms with Crippen molar-refractivity contribution >= 4 is 35.3 Å². The summed E-state index contributed by atoms with van der Waals surface area (Å²) < 4.78 is 26.4. The summed E-state index contributed by atoms with van der Waals surface area (Å²) in [6.45, 7) is 9.50. The molecule has 5 heterocycles. The van der Waals surface area contributed by atoms with E-state index in [1.54, 1.807) is 36.4 Å². The van der Waals surface area contributed by atoms with Gasteiger partial charge in [-0.05, 0) is 52.8 Å². The van der Waals surface area contributed by atoms with Crippen LogP contribution in [0.15, 0.2) is 36.9 Å². The number of fused-ring (bicyclic) bond motifs is 1. The number of ether oxygens (including phenoxy) is 4. The third kappa shape index (κ3) is 8.02. The standard InChI is InChI=1S/C33H44N10O5/c1-22(29-21-37-33(41(29)4)42(5)44)47-25-16-27-28(34-18-25)17-30(43-11-13-45-14-12-43)39-31(27)48-24-8-6-23(7-9-24)38-32-35-19-26(20-36-32)46-15-10-40(2)3/h16-24H,5-15H2,1-4H3,(H,35,36,38). The summed E-state index contributed by atoms with van der Waals surface area (Å²) in [6.07, 6.45) is 9.82. The Labute approximate surface area is 280 Å². The molecule has 0 radical (unpaired) electrons. The lowest BCUT2D eigenvalue weighted by atomic mass is 9.93. The molecule has 0 spiro atoms. The zero-order valence-electron chi connectivity index (χ0n) is 28.0. The molecule has 48 heavy (non-hydrogen) atoms. The molecule has 1 aliphatic carbocycles. The van der Waals surface area contributed by atoms with Gasteiger partial charge in [0.1, 0.15) is 30.5 Å². The van der Waals surface area contributed by atoms with Crippen LogP contribution in [0.5, 0.6) is 17.4 Å². The van der Waals surface area contributed by atoms with E-state index in [0.717, 1.165) is 67.7 Å². The number of imidazole rings is 1. The summed E-state index contributed by atoms with van der Waals surface area (Å²) >= 11 is 0. The fourth-order valence-electron chi connectivity index (χ4n) is 5.93. The van der Waals surface area contributed by atoms with Crippen LogP contribution in [0.3, 0.4) is 0 Å². The van der Waals surface area contributed by atoms with Crippen LogP contribution in [0.25, 0.3) is 10.9 Å². The van der Waals surface area contributed by atoms with Crippen LogP contribution < -0.4 is 24.4 Å². The molecule has 6 rings (SSSR count). The highest BCUT2D eigenvalue weighted by atomic mass is 16.5. The Morgan fingerprint density at radius 1 is 1.04 bits per heavy atom. The highest BCUT2D eigenvalue weighted by Crippen LogP contribution is 2.34. The van der Waals surface area contributed by atoms with E-state index in [9.17, 15) is 5.21 Å². The second-order valence-corrected chi connectivity index (χ2v) is 12.4. The number of pyridine rings is 2. The summed E-state index contributed by atoms with van der Waals surface area (Å²) in [5.41, 5.74) is 1.50. The molecule has 256 valence electrons. The van der Waals surface area contributed by atoms with E-state index in [-0.39, 0.29) is 18.1 Å². The van der Waals surface area contributed by atoms with Gasteiger partial charge in [0.05, 0.1) is 49.8 Å². The number of nitrogens with one attached hydrogen (secondary N) is 1. The maximum Gasteiger partial charge on any atom is 0.398 e. The number of hydrogen-bond donors (Lipinski definition) is 1. The summed E-state index contributed by atoms with van der Waals surface area (Å²) in [5, 5.41) is 16.0. The van der Waals surface area contributed by atoms with E-state index in [1.165, 1.54) is 0 Å². The van der Waals surface area contributed by atoms with Crippen molar-refractivity contribution in [2.24, 2.45) is 7.05 Å². The Hall–Kier alpha value is -4.76. The number of likely N-dealkylation sites (N-methyl/N-ethyl adjacent to an activating group) is 1. The number of hydrogen-bond acceptors (Lipinski definition) is 13. The van der Waals surface area contributed by atoms with Crippen LogP contribution in [0.4, 0.5) is 17.7 Å². The van der Waals surface area contributed by atoms with Crippen LogP contribution in [-0.4, -0.2) is 112 Å². The number of morpholine rings is 1. The summed E-state index contributed by atoms with van der Waals surface area (Å²) in [7, 11) is 5.77. The Morgan fingerprint density at radius 3 is 2.46 bits per heavy atom. The molecule has 1 saturated heterocycles. The molecule has 2 aliphatic rings. The summed E-state index contributed by atoms with van der Waals surface area (Å²) in [5.74, 6) is 3.35. The molecule has 1 N–H and O–H groups in total. The highest BCUT2D eigenvalue weighted by Gasteiger charge is 2.26. The summed E-state index contributed by atoms with van der Waals surface area (Å²) in [4.78, 5) is 27.1. The SMILES string of the molecule is C=[N+]([O-])c1ncc(C(C)Oc2cnc3cc(N4CCOCC4)nc(OC4CCC(Nc5ncc(OCCN(C)C)cn5)CC4)c3c2)n1C. The van der Waals surface area contributed by atoms with Gasteiger partial charge >= 0.3 is 5.95 Å².